The van der Waals surface area contributed by atoms with E-state index < -0.39 is 12.0 Å². The number of hydrogen-bond donors (Lipinski definition) is 4. The summed E-state index contributed by atoms with van der Waals surface area (Å²) in [6, 6.07) is 14.5. The molecule has 4 aromatic rings. The maximum Gasteiger partial charge on any atom is 0.212 e. The van der Waals surface area contributed by atoms with Gasteiger partial charge in [0, 0.05) is 65.0 Å². The number of pyridine rings is 2. The molecule has 6 rings (SSSR count). The summed E-state index contributed by atoms with van der Waals surface area (Å²) in [5, 5.41) is 20.7. The van der Waals surface area contributed by atoms with E-state index >= 15 is 0 Å². The number of aryl methyl sites for hydroxylation is 1. The third-order valence-corrected chi connectivity index (χ3v) is 9.30. The SMILES string of the molecule is Cc1ccc(Nc2c(C#N)cnc3c(Cl)cc(N[C@H](C4=CN(C5CCN(C(C)(C)C)CC5)NN4)c4ccc(F)nc4)cc23)cc1Cl. The van der Waals surface area contributed by atoms with Crippen LogP contribution in [0.1, 0.15) is 56.3 Å². The first-order chi connectivity index (χ1) is 22.0. The van der Waals surface area contributed by atoms with E-state index in [9.17, 15) is 9.65 Å². The highest BCUT2D eigenvalue weighted by molar-refractivity contribution is 6.36. The number of fused-ring (bicyclic) bond motifs is 1. The molecule has 12 heteroatoms. The highest BCUT2D eigenvalue weighted by atomic mass is 35.5. The fourth-order valence-corrected chi connectivity index (χ4v) is 6.39. The first-order valence-electron chi connectivity index (χ1n) is 15.2. The number of rotatable bonds is 7. The van der Waals surface area contributed by atoms with E-state index in [1.807, 2.05) is 31.2 Å². The molecule has 1 fully saturated rings. The van der Waals surface area contributed by atoms with Gasteiger partial charge in [0.1, 0.15) is 6.07 Å². The van der Waals surface area contributed by atoms with Gasteiger partial charge < -0.3 is 16.1 Å². The Kier molecular flexibility index (Phi) is 8.95. The van der Waals surface area contributed by atoms with E-state index in [0.29, 0.717) is 43.9 Å². The summed E-state index contributed by atoms with van der Waals surface area (Å²) in [5.74, 6) is -0.558. The molecule has 0 aliphatic carbocycles. The van der Waals surface area contributed by atoms with Crippen LogP contribution >= 0.6 is 23.2 Å². The highest BCUT2D eigenvalue weighted by Gasteiger charge is 2.32. The largest absolute Gasteiger partial charge is 0.373 e. The van der Waals surface area contributed by atoms with Crippen LogP contribution in [0.2, 0.25) is 10.0 Å². The Labute approximate surface area is 278 Å². The molecular weight excluding hydrogens is 624 g/mol. The number of hydrogen-bond acceptors (Lipinski definition) is 9. The van der Waals surface area contributed by atoms with Gasteiger partial charge in [-0.1, -0.05) is 35.3 Å². The number of benzene rings is 2. The summed E-state index contributed by atoms with van der Waals surface area (Å²) in [6.45, 7) is 10.7. The van der Waals surface area contributed by atoms with Crippen LogP contribution in [0.4, 0.5) is 21.5 Å². The smallest absolute Gasteiger partial charge is 0.212 e. The van der Waals surface area contributed by atoms with Gasteiger partial charge in [-0.05, 0) is 82.0 Å². The number of nitrogens with one attached hydrogen (secondary N) is 4. The van der Waals surface area contributed by atoms with Crippen LogP contribution in [0.5, 0.6) is 0 Å². The number of likely N-dealkylation sites (tertiary alicyclic amines) is 1. The number of nitrogens with zero attached hydrogens (tertiary/aromatic N) is 5. The predicted molar refractivity (Wildman–Crippen MR) is 182 cm³/mol. The Bertz CT molecular complexity index is 1820. The molecule has 46 heavy (non-hydrogen) atoms. The van der Waals surface area contributed by atoms with Crippen molar-refractivity contribution in [3.8, 4) is 6.07 Å². The van der Waals surface area contributed by atoms with E-state index in [1.165, 1.54) is 18.5 Å². The van der Waals surface area contributed by atoms with Gasteiger partial charge >= 0.3 is 0 Å². The second-order valence-corrected chi connectivity index (χ2v) is 13.5. The normalized spacial score (nSPS) is 16.6. The molecular formula is C34H36Cl2FN9. The zero-order chi connectivity index (χ0) is 32.6. The monoisotopic (exact) mass is 659 g/mol. The Morgan fingerprint density at radius 3 is 2.46 bits per heavy atom. The van der Waals surface area contributed by atoms with Crippen molar-refractivity contribution in [3.05, 3.63) is 99.4 Å². The summed E-state index contributed by atoms with van der Waals surface area (Å²) >= 11 is 13.2. The minimum atomic E-state index is -0.558. The standard InChI is InChI=1S/C34H36Cl2FN9/c1-20-5-7-23(14-27(20)35)41-31-22(16-38)18-40-33-26(31)13-24(15-28(33)36)42-32(21-6-8-30(37)39-17-21)29-19-46(44-43-29)25-9-11-45(12-10-25)34(2,3)4/h5-8,13-15,17-19,25,32,42-44H,9-12H2,1-4H3,(H,40,41)/t32-/m0/s1. The van der Waals surface area contributed by atoms with Gasteiger partial charge in [-0.3, -0.25) is 14.9 Å². The fourth-order valence-electron chi connectivity index (χ4n) is 5.94. The topological polar surface area (TPSA) is 104 Å². The van der Waals surface area contributed by atoms with Gasteiger partial charge in [0.25, 0.3) is 0 Å². The lowest BCUT2D eigenvalue weighted by Crippen LogP contribution is -2.52. The van der Waals surface area contributed by atoms with Crippen LogP contribution in [0.25, 0.3) is 10.9 Å². The van der Waals surface area contributed by atoms with Gasteiger partial charge in [0.15, 0.2) is 0 Å². The average molecular weight is 661 g/mol. The number of piperidine rings is 1. The molecule has 0 bridgehead atoms. The van der Waals surface area contributed by atoms with Crippen molar-refractivity contribution in [2.75, 3.05) is 23.7 Å². The predicted octanol–water partition coefficient (Wildman–Crippen LogP) is 7.58. The van der Waals surface area contributed by atoms with Gasteiger partial charge in [0.05, 0.1) is 33.5 Å². The minimum Gasteiger partial charge on any atom is -0.373 e. The molecule has 2 aromatic carbocycles. The molecule has 1 atom stereocenters. The van der Waals surface area contributed by atoms with Gasteiger partial charge in [-0.2, -0.15) is 9.65 Å². The zero-order valence-corrected chi connectivity index (χ0v) is 27.6. The lowest BCUT2D eigenvalue weighted by atomic mass is 9.98. The Hall–Kier alpha value is -4.14. The highest BCUT2D eigenvalue weighted by Crippen LogP contribution is 2.37. The molecule has 0 amide bonds. The van der Waals surface area contributed by atoms with Crippen LogP contribution in [0, 0.1) is 24.2 Å². The van der Waals surface area contributed by atoms with Crippen LogP contribution in [-0.4, -0.2) is 44.5 Å². The number of anilines is 3. The quantitative estimate of drug-likeness (QED) is 0.149. The Morgan fingerprint density at radius 2 is 1.78 bits per heavy atom. The molecule has 0 spiro atoms. The first kappa shape index (κ1) is 31.8. The van der Waals surface area contributed by atoms with E-state index in [2.05, 4.69) is 74.5 Å². The lowest BCUT2D eigenvalue weighted by molar-refractivity contribution is 0.0570. The van der Waals surface area contributed by atoms with Crippen molar-refractivity contribution in [2.45, 2.75) is 58.2 Å². The molecule has 0 saturated carbocycles. The molecule has 2 aromatic heterocycles. The van der Waals surface area contributed by atoms with E-state index in [4.69, 9.17) is 23.2 Å². The number of hydrazine groups is 2. The molecule has 4 N–H and O–H groups in total. The summed E-state index contributed by atoms with van der Waals surface area (Å²) in [5.41, 5.74) is 12.2. The second-order valence-electron chi connectivity index (χ2n) is 12.7. The Balaban J connectivity index is 1.34. The molecule has 2 aliphatic rings. The third-order valence-electron chi connectivity index (χ3n) is 8.61. The molecule has 238 valence electrons. The number of nitriles is 1. The molecule has 4 heterocycles. The van der Waals surface area contributed by atoms with Crippen LogP contribution in [-0.2, 0) is 0 Å². The van der Waals surface area contributed by atoms with Crippen molar-refractivity contribution < 1.29 is 4.39 Å². The van der Waals surface area contributed by atoms with Crippen molar-refractivity contribution >= 4 is 51.2 Å². The summed E-state index contributed by atoms with van der Waals surface area (Å²) in [7, 11) is 0. The maximum absolute atomic E-state index is 13.9. The Morgan fingerprint density at radius 1 is 1.02 bits per heavy atom. The number of halogens is 3. The number of aromatic nitrogens is 2. The van der Waals surface area contributed by atoms with E-state index in [-0.39, 0.29) is 5.54 Å². The van der Waals surface area contributed by atoms with E-state index in [1.54, 1.807) is 12.1 Å². The van der Waals surface area contributed by atoms with Crippen molar-refractivity contribution in [1.82, 2.24) is 30.8 Å². The van der Waals surface area contributed by atoms with Crippen LogP contribution in [0.15, 0.2) is 66.8 Å². The van der Waals surface area contributed by atoms with Crippen molar-refractivity contribution in [2.24, 2.45) is 0 Å². The van der Waals surface area contributed by atoms with Crippen molar-refractivity contribution in [3.63, 3.8) is 0 Å². The van der Waals surface area contributed by atoms with Crippen LogP contribution in [0.3, 0.4) is 0 Å². The van der Waals surface area contributed by atoms with Crippen LogP contribution < -0.4 is 21.6 Å². The minimum absolute atomic E-state index is 0.139. The molecule has 0 radical (unpaired) electrons. The summed E-state index contributed by atoms with van der Waals surface area (Å²) < 4.78 is 13.9. The summed E-state index contributed by atoms with van der Waals surface area (Å²) in [6.07, 6.45) is 7.12. The third kappa shape index (κ3) is 6.69. The second kappa shape index (κ2) is 12.9. The maximum atomic E-state index is 13.9. The van der Waals surface area contributed by atoms with Gasteiger partial charge in [-0.15, -0.1) is 5.53 Å². The average Bonchev–Trinajstić information content (AvgIpc) is 3.52. The molecule has 2 aliphatic heterocycles. The first-order valence-corrected chi connectivity index (χ1v) is 16.0. The molecule has 0 unspecified atom stereocenters. The van der Waals surface area contributed by atoms with Crippen molar-refractivity contribution in [1.29, 1.82) is 5.26 Å². The summed E-state index contributed by atoms with van der Waals surface area (Å²) in [4.78, 5) is 10.9. The molecule has 9 nitrogen and oxygen atoms in total. The van der Waals surface area contributed by atoms with Gasteiger partial charge in [-0.25, -0.2) is 4.98 Å². The molecule has 1 saturated heterocycles. The fraction of sp³-hybridized carbons (Fsp3) is 0.324. The van der Waals surface area contributed by atoms with Gasteiger partial charge in [0.2, 0.25) is 5.95 Å². The zero-order valence-electron chi connectivity index (χ0n) is 26.1. The lowest BCUT2D eigenvalue weighted by Gasteiger charge is -2.42. The van der Waals surface area contributed by atoms with E-state index in [0.717, 1.165) is 48.4 Å².